The molecule has 0 saturated carbocycles. The quantitative estimate of drug-likeness (QED) is 0.175. The van der Waals surface area contributed by atoms with Crippen LogP contribution in [-0.2, 0) is 32.6 Å². The minimum atomic E-state index is -4.25. The predicted molar refractivity (Wildman–Crippen MR) is 176 cm³/mol. The summed E-state index contributed by atoms with van der Waals surface area (Å²) in [5.74, 6) is -0.860. The summed E-state index contributed by atoms with van der Waals surface area (Å²) in [5.41, 5.74) is 2.94. The number of rotatable bonds is 13. The molecule has 0 saturated heterocycles. The van der Waals surface area contributed by atoms with Gasteiger partial charge in [0.2, 0.25) is 11.8 Å². The number of aryl methyl sites for hydroxylation is 1. The van der Waals surface area contributed by atoms with Gasteiger partial charge in [-0.15, -0.1) is 0 Å². The molecular formula is C34H35Cl2N3O4S. The monoisotopic (exact) mass is 651 g/mol. The summed E-state index contributed by atoms with van der Waals surface area (Å²) in [6.45, 7) is 3.89. The second-order valence-corrected chi connectivity index (χ2v) is 13.2. The van der Waals surface area contributed by atoms with Crippen LogP contribution in [0.5, 0.6) is 0 Å². The molecule has 4 aromatic carbocycles. The van der Waals surface area contributed by atoms with Gasteiger partial charge in [0.05, 0.1) is 10.6 Å². The van der Waals surface area contributed by atoms with Crippen LogP contribution in [0.3, 0.4) is 0 Å². The van der Waals surface area contributed by atoms with Gasteiger partial charge in [-0.05, 0) is 66.9 Å². The molecular weight excluding hydrogens is 617 g/mol. The van der Waals surface area contributed by atoms with Gasteiger partial charge in [0.15, 0.2) is 0 Å². The van der Waals surface area contributed by atoms with Crippen molar-refractivity contribution in [1.29, 1.82) is 0 Å². The Morgan fingerprint density at radius 3 is 2.14 bits per heavy atom. The molecule has 1 atom stereocenters. The molecule has 0 bridgehead atoms. The Kier molecular flexibility index (Phi) is 11.4. The number of benzene rings is 4. The Balaban J connectivity index is 1.79. The molecule has 4 aromatic rings. The lowest BCUT2D eigenvalue weighted by Crippen LogP contribution is -2.53. The molecule has 0 aliphatic carbocycles. The van der Waals surface area contributed by atoms with Crippen molar-refractivity contribution < 1.29 is 18.0 Å². The number of nitrogens with one attached hydrogen (secondary N) is 1. The van der Waals surface area contributed by atoms with Gasteiger partial charge in [0.1, 0.15) is 12.6 Å². The van der Waals surface area contributed by atoms with Gasteiger partial charge in [0, 0.05) is 29.6 Å². The van der Waals surface area contributed by atoms with Crippen LogP contribution in [0.4, 0.5) is 5.69 Å². The molecule has 2 amide bonds. The minimum Gasteiger partial charge on any atom is -0.354 e. The highest BCUT2D eigenvalue weighted by Gasteiger charge is 2.34. The van der Waals surface area contributed by atoms with Gasteiger partial charge in [-0.2, -0.15) is 0 Å². The third kappa shape index (κ3) is 8.62. The number of carbonyl (C=O) groups is 2. The molecule has 0 radical (unpaired) electrons. The number of nitrogens with zero attached hydrogens (tertiary/aromatic N) is 2. The fourth-order valence-corrected chi connectivity index (χ4v) is 6.42. The van der Waals surface area contributed by atoms with Crippen molar-refractivity contribution >= 4 is 50.7 Å². The summed E-state index contributed by atoms with van der Waals surface area (Å²) < 4.78 is 29.1. The molecule has 1 unspecified atom stereocenters. The smallest absolute Gasteiger partial charge is 0.264 e. The minimum absolute atomic E-state index is 0.0405. The summed E-state index contributed by atoms with van der Waals surface area (Å²) in [6.07, 6.45) is 0.965. The average Bonchev–Trinajstić information content (AvgIpc) is 3.01. The van der Waals surface area contributed by atoms with Crippen LogP contribution in [0.1, 0.15) is 30.0 Å². The van der Waals surface area contributed by atoms with Crippen LogP contribution in [0.15, 0.2) is 108 Å². The topological polar surface area (TPSA) is 86.8 Å². The van der Waals surface area contributed by atoms with E-state index in [9.17, 15) is 18.0 Å². The molecule has 4 rings (SSSR count). The van der Waals surface area contributed by atoms with E-state index in [0.717, 1.165) is 27.4 Å². The van der Waals surface area contributed by atoms with Crippen molar-refractivity contribution in [3.63, 3.8) is 0 Å². The zero-order valence-electron chi connectivity index (χ0n) is 24.6. The number of hydrogen-bond donors (Lipinski definition) is 1. The molecule has 44 heavy (non-hydrogen) atoms. The van der Waals surface area contributed by atoms with Crippen LogP contribution < -0.4 is 9.62 Å². The largest absolute Gasteiger partial charge is 0.354 e. The first-order chi connectivity index (χ1) is 21.1. The Morgan fingerprint density at radius 2 is 1.50 bits per heavy atom. The van der Waals surface area contributed by atoms with E-state index >= 15 is 0 Å². The molecule has 230 valence electrons. The number of carbonyl (C=O) groups excluding carboxylic acids is 2. The molecule has 0 fully saturated rings. The fourth-order valence-electron chi connectivity index (χ4n) is 4.70. The van der Waals surface area contributed by atoms with Crippen molar-refractivity contribution in [2.75, 3.05) is 17.4 Å². The number of halogens is 2. The summed E-state index contributed by atoms with van der Waals surface area (Å²) >= 11 is 12.3. The van der Waals surface area contributed by atoms with E-state index in [1.54, 1.807) is 18.2 Å². The number of amides is 2. The van der Waals surface area contributed by atoms with Gasteiger partial charge in [-0.3, -0.25) is 13.9 Å². The second-order valence-electron chi connectivity index (χ2n) is 10.4. The Labute approximate surface area is 269 Å². The lowest BCUT2D eigenvalue weighted by atomic mass is 10.0. The molecule has 0 spiro atoms. The highest BCUT2D eigenvalue weighted by Crippen LogP contribution is 2.28. The van der Waals surface area contributed by atoms with Crippen molar-refractivity contribution in [3.05, 3.63) is 130 Å². The van der Waals surface area contributed by atoms with E-state index in [1.807, 2.05) is 68.4 Å². The standard InChI is InChI=1S/C34H35Cl2N3O4S/c1-3-20-37-34(41)32(21-26-8-5-4-6-9-26)38(23-27-14-12-25(2)13-15-27)33(40)24-39(30-11-7-10-29(36)22-30)44(42,43)31-18-16-28(35)17-19-31/h4-19,22,32H,3,20-21,23-24H2,1-2H3,(H,37,41). The van der Waals surface area contributed by atoms with Crippen LogP contribution in [-0.4, -0.2) is 44.3 Å². The van der Waals surface area contributed by atoms with Gasteiger partial charge >= 0.3 is 0 Å². The maximum absolute atomic E-state index is 14.4. The second kappa shape index (κ2) is 15.2. The zero-order valence-corrected chi connectivity index (χ0v) is 26.9. The van der Waals surface area contributed by atoms with Gasteiger partial charge in [0.25, 0.3) is 10.0 Å². The maximum atomic E-state index is 14.4. The van der Waals surface area contributed by atoms with Crippen LogP contribution in [0.25, 0.3) is 0 Å². The molecule has 0 aliphatic heterocycles. The molecule has 7 nitrogen and oxygen atoms in total. The first kappa shape index (κ1) is 33.1. The first-order valence-corrected chi connectivity index (χ1v) is 16.5. The Morgan fingerprint density at radius 1 is 0.818 bits per heavy atom. The average molecular weight is 653 g/mol. The molecule has 0 aromatic heterocycles. The van der Waals surface area contributed by atoms with Crippen molar-refractivity contribution in [3.8, 4) is 0 Å². The number of anilines is 1. The Bertz CT molecular complexity index is 1670. The van der Waals surface area contributed by atoms with E-state index in [0.29, 0.717) is 16.6 Å². The third-order valence-corrected chi connectivity index (χ3v) is 9.35. The molecule has 0 aliphatic rings. The van der Waals surface area contributed by atoms with E-state index in [1.165, 1.54) is 35.2 Å². The first-order valence-electron chi connectivity index (χ1n) is 14.3. The SMILES string of the molecule is CCCNC(=O)C(Cc1ccccc1)N(Cc1ccc(C)cc1)C(=O)CN(c1cccc(Cl)c1)S(=O)(=O)c1ccc(Cl)cc1. The fraction of sp³-hybridized carbons (Fsp3) is 0.235. The van der Waals surface area contributed by atoms with Gasteiger partial charge < -0.3 is 10.2 Å². The molecule has 10 heteroatoms. The van der Waals surface area contributed by atoms with E-state index < -0.39 is 28.5 Å². The van der Waals surface area contributed by atoms with Crippen LogP contribution >= 0.6 is 23.2 Å². The number of sulfonamides is 1. The third-order valence-electron chi connectivity index (χ3n) is 7.07. The van der Waals surface area contributed by atoms with Crippen LogP contribution in [0.2, 0.25) is 10.0 Å². The molecule has 1 N–H and O–H groups in total. The van der Waals surface area contributed by atoms with Crippen LogP contribution in [0, 0.1) is 6.92 Å². The predicted octanol–water partition coefficient (Wildman–Crippen LogP) is 6.66. The summed E-state index contributed by atoms with van der Waals surface area (Å²) in [5, 5.41) is 3.63. The summed E-state index contributed by atoms with van der Waals surface area (Å²) in [6, 6.07) is 28.2. The van der Waals surface area contributed by atoms with E-state index in [2.05, 4.69) is 5.32 Å². The lowest BCUT2D eigenvalue weighted by Gasteiger charge is -2.34. The lowest BCUT2D eigenvalue weighted by molar-refractivity contribution is -0.140. The number of hydrogen-bond acceptors (Lipinski definition) is 4. The van der Waals surface area contributed by atoms with Crippen molar-refractivity contribution in [1.82, 2.24) is 10.2 Å². The van der Waals surface area contributed by atoms with E-state index in [4.69, 9.17) is 23.2 Å². The highest BCUT2D eigenvalue weighted by molar-refractivity contribution is 7.92. The van der Waals surface area contributed by atoms with Crippen molar-refractivity contribution in [2.45, 2.75) is 44.2 Å². The van der Waals surface area contributed by atoms with Crippen molar-refractivity contribution in [2.24, 2.45) is 0 Å². The maximum Gasteiger partial charge on any atom is 0.264 e. The molecule has 0 heterocycles. The highest BCUT2D eigenvalue weighted by atomic mass is 35.5. The normalized spacial score (nSPS) is 11.9. The summed E-state index contributed by atoms with van der Waals surface area (Å²) in [4.78, 5) is 29.5. The zero-order chi connectivity index (χ0) is 31.7. The Hall–Kier alpha value is -3.85. The van der Waals surface area contributed by atoms with E-state index in [-0.39, 0.29) is 29.5 Å². The van der Waals surface area contributed by atoms with Gasteiger partial charge in [-0.1, -0.05) is 96.4 Å². The summed E-state index contributed by atoms with van der Waals surface area (Å²) in [7, 11) is -4.25. The van der Waals surface area contributed by atoms with Gasteiger partial charge in [-0.25, -0.2) is 8.42 Å².